The predicted molar refractivity (Wildman–Crippen MR) is 49.1 cm³/mol. The lowest BCUT2D eigenvalue weighted by molar-refractivity contribution is -0.0919. The molecule has 1 N–H and O–H groups in total. The van der Waals surface area contributed by atoms with Crippen LogP contribution in [0.3, 0.4) is 0 Å². The summed E-state index contributed by atoms with van der Waals surface area (Å²) in [7, 11) is 0. The van der Waals surface area contributed by atoms with Gasteiger partial charge in [-0.1, -0.05) is 6.92 Å². The van der Waals surface area contributed by atoms with Crippen LogP contribution in [0.4, 0.5) is 0 Å². The van der Waals surface area contributed by atoms with Crippen molar-refractivity contribution in [3.8, 4) is 0 Å². The van der Waals surface area contributed by atoms with Crippen LogP contribution in [0, 0.1) is 0 Å². The highest BCUT2D eigenvalue weighted by Crippen LogP contribution is 2.46. The van der Waals surface area contributed by atoms with E-state index in [1.54, 1.807) is 0 Å². The van der Waals surface area contributed by atoms with Gasteiger partial charge in [-0.05, 0) is 32.1 Å². The fourth-order valence-electron chi connectivity index (χ4n) is 2.41. The fraction of sp³-hybridized carbons (Fsp3) is 1.00. The Morgan fingerprint density at radius 1 is 1.42 bits per heavy atom. The molecule has 1 heterocycles. The first kappa shape index (κ1) is 8.52. The van der Waals surface area contributed by atoms with E-state index in [1.165, 1.54) is 32.2 Å². The zero-order valence-electron chi connectivity index (χ0n) is 7.92. The largest absolute Gasteiger partial charge is 0.392 e. The molecule has 0 unspecified atom stereocenters. The zero-order chi connectivity index (χ0) is 8.60. The van der Waals surface area contributed by atoms with E-state index in [0.29, 0.717) is 5.54 Å². The van der Waals surface area contributed by atoms with Crippen LogP contribution in [0.5, 0.6) is 0 Å². The molecule has 0 aromatic rings. The van der Waals surface area contributed by atoms with E-state index in [4.69, 9.17) is 0 Å². The number of nitrogens with zero attached hydrogens (tertiary/aromatic N) is 1. The van der Waals surface area contributed by atoms with E-state index in [-0.39, 0.29) is 6.10 Å². The molecule has 2 fully saturated rings. The first-order valence-electron chi connectivity index (χ1n) is 5.20. The molecule has 0 aromatic carbocycles. The average molecular weight is 169 g/mol. The standard InChI is InChI=1S/C10H19NO/c1-2-9(12)8-11-7-6-10(11)4-3-5-10/h9,12H,2-8H2,1H3/t9-/m1/s1. The minimum Gasteiger partial charge on any atom is -0.392 e. The maximum absolute atomic E-state index is 9.50. The maximum Gasteiger partial charge on any atom is 0.0664 e. The van der Waals surface area contributed by atoms with Crippen molar-refractivity contribution in [2.45, 2.75) is 50.7 Å². The number of likely N-dealkylation sites (tertiary alicyclic amines) is 1. The van der Waals surface area contributed by atoms with Crippen LogP contribution in [0.1, 0.15) is 39.0 Å². The van der Waals surface area contributed by atoms with Gasteiger partial charge in [0.15, 0.2) is 0 Å². The minimum absolute atomic E-state index is 0.0947. The third-order valence-corrected chi connectivity index (χ3v) is 3.70. The Labute approximate surface area is 74.6 Å². The smallest absolute Gasteiger partial charge is 0.0664 e. The fourth-order valence-corrected chi connectivity index (χ4v) is 2.41. The minimum atomic E-state index is -0.0947. The molecule has 0 radical (unpaired) electrons. The molecule has 2 aliphatic rings. The Kier molecular flexibility index (Phi) is 2.13. The number of aliphatic hydroxyl groups is 1. The molecule has 1 aliphatic heterocycles. The number of aliphatic hydroxyl groups excluding tert-OH is 1. The van der Waals surface area contributed by atoms with Gasteiger partial charge in [-0.25, -0.2) is 0 Å². The Balaban J connectivity index is 1.81. The van der Waals surface area contributed by atoms with Gasteiger partial charge in [-0.2, -0.15) is 0 Å². The summed E-state index contributed by atoms with van der Waals surface area (Å²) >= 11 is 0. The lowest BCUT2D eigenvalue weighted by atomic mass is 9.68. The maximum atomic E-state index is 9.50. The van der Waals surface area contributed by atoms with Crippen molar-refractivity contribution in [2.24, 2.45) is 0 Å². The Bertz CT molecular complexity index is 160. The average Bonchev–Trinajstić information content (AvgIpc) is 1.94. The number of hydrogen-bond donors (Lipinski definition) is 1. The molecule has 70 valence electrons. The number of hydrogen-bond acceptors (Lipinski definition) is 2. The van der Waals surface area contributed by atoms with Crippen molar-refractivity contribution in [3.05, 3.63) is 0 Å². The number of rotatable bonds is 3. The lowest BCUT2D eigenvalue weighted by Crippen LogP contribution is -2.65. The second-order valence-electron chi connectivity index (χ2n) is 4.34. The molecule has 1 saturated heterocycles. The summed E-state index contributed by atoms with van der Waals surface area (Å²) in [6.07, 6.45) is 6.34. The van der Waals surface area contributed by atoms with Gasteiger partial charge < -0.3 is 5.11 Å². The van der Waals surface area contributed by atoms with Crippen molar-refractivity contribution in [1.82, 2.24) is 4.90 Å². The van der Waals surface area contributed by atoms with Crippen LogP contribution in [-0.4, -0.2) is 34.7 Å². The van der Waals surface area contributed by atoms with Crippen molar-refractivity contribution >= 4 is 0 Å². The van der Waals surface area contributed by atoms with E-state index in [1.807, 2.05) is 0 Å². The monoisotopic (exact) mass is 169 g/mol. The van der Waals surface area contributed by atoms with Crippen LogP contribution >= 0.6 is 0 Å². The first-order chi connectivity index (χ1) is 5.77. The van der Waals surface area contributed by atoms with E-state index in [0.717, 1.165) is 13.0 Å². The molecule has 2 nitrogen and oxygen atoms in total. The molecule has 1 saturated carbocycles. The summed E-state index contributed by atoms with van der Waals surface area (Å²) in [5.74, 6) is 0. The summed E-state index contributed by atoms with van der Waals surface area (Å²) < 4.78 is 0. The molecule has 2 heteroatoms. The Morgan fingerprint density at radius 3 is 2.50 bits per heavy atom. The van der Waals surface area contributed by atoms with E-state index >= 15 is 0 Å². The van der Waals surface area contributed by atoms with Crippen LogP contribution in [0.25, 0.3) is 0 Å². The predicted octanol–water partition coefficient (Wildman–Crippen LogP) is 1.39. The molecular weight excluding hydrogens is 150 g/mol. The van der Waals surface area contributed by atoms with Crippen LogP contribution in [0.15, 0.2) is 0 Å². The van der Waals surface area contributed by atoms with Crippen molar-refractivity contribution in [3.63, 3.8) is 0 Å². The SMILES string of the molecule is CC[C@@H](O)CN1CCC12CCC2. The normalized spacial score (nSPS) is 29.5. The van der Waals surface area contributed by atoms with Crippen molar-refractivity contribution in [2.75, 3.05) is 13.1 Å². The molecule has 2 rings (SSSR count). The zero-order valence-corrected chi connectivity index (χ0v) is 7.92. The molecule has 0 bridgehead atoms. The van der Waals surface area contributed by atoms with Crippen molar-refractivity contribution in [1.29, 1.82) is 0 Å². The van der Waals surface area contributed by atoms with Gasteiger partial charge in [-0.15, -0.1) is 0 Å². The van der Waals surface area contributed by atoms with Crippen molar-refractivity contribution < 1.29 is 5.11 Å². The van der Waals surface area contributed by atoms with Gasteiger partial charge in [-0.3, -0.25) is 4.90 Å². The highest BCUT2D eigenvalue weighted by atomic mass is 16.3. The molecule has 12 heavy (non-hydrogen) atoms. The molecule has 0 aromatic heterocycles. The third kappa shape index (κ3) is 1.17. The molecule has 0 amide bonds. The molecular formula is C10H19NO. The van der Waals surface area contributed by atoms with E-state index in [2.05, 4.69) is 11.8 Å². The second-order valence-corrected chi connectivity index (χ2v) is 4.34. The Hall–Kier alpha value is -0.0800. The Morgan fingerprint density at radius 2 is 2.17 bits per heavy atom. The van der Waals surface area contributed by atoms with Gasteiger partial charge in [0.25, 0.3) is 0 Å². The first-order valence-corrected chi connectivity index (χ1v) is 5.20. The molecule has 1 atom stereocenters. The van der Waals surface area contributed by atoms with Crippen LogP contribution < -0.4 is 0 Å². The quantitative estimate of drug-likeness (QED) is 0.690. The van der Waals surface area contributed by atoms with Gasteiger partial charge in [0.1, 0.15) is 0 Å². The van der Waals surface area contributed by atoms with Crippen LogP contribution in [0.2, 0.25) is 0 Å². The van der Waals surface area contributed by atoms with Gasteiger partial charge >= 0.3 is 0 Å². The summed E-state index contributed by atoms with van der Waals surface area (Å²) in [5, 5.41) is 9.50. The van der Waals surface area contributed by atoms with Gasteiger partial charge in [0, 0.05) is 18.6 Å². The highest BCUT2D eigenvalue weighted by molar-refractivity contribution is 5.05. The van der Waals surface area contributed by atoms with Gasteiger partial charge in [0.05, 0.1) is 6.10 Å². The summed E-state index contributed by atoms with van der Waals surface area (Å²) in [4.78, 5) is 2.49. The second kappa shape index (κ2) is 3.00. The molecule has 1 aliphatic carbocycles. The number of β-amino-alcohol motifs (C(OH)–C–C–N with tert-alkyl or cyclic N) is 1. The van der Waals surface area contributed by atoms with Gasteiger partial charge in [0.2, 0.25) is 0 Å². The summed E-state index contributed by atoms with van der Waals surface area (Å²) in [6, 6.07) is 0. The highest BCUT2D eigenvalue weighted by Gasteiger charge is 2.48. The topological polar surface area (TPSA) is 23.5 Å². The van der Waals surface area contributed by atoms with E-state index < -0.39 is 0 Å². The molecule has 1 spiro atoms. The van der Waals surface area contributed by atoms with E-state index in [9.17, 15) is 5.11 Å². The summed E-state index contributed by atoms with van der Waals surface area (Å²) in [5.41, 5.74) is 0.566. The van der Waals surface area contributed by atoms with Crippen LogP contribution in [-0.2, 0) is 0 Å². The lowest BCUT2D eigenvalue weighted by Gasteiger charge is -2.59. The summed E-state index contributed by atoms with van der Waals surface area (Å²) in [6.45, 7) is 4.19. The third-order valence-electron chi connectivity index (χ3n) is 3.70.